The molecule has 5 aliphatic rings. The third-order valence-corrected chi connectivity index (χ3v) is 9.44. The first-order chi connectivity index (χ1) is 17.0. The van der Waals surface area contributed by atoms with E-state index in [4.69, 9.17) is 17.0 Å². The van der Waals surface area contributed by atoms with Gasteiger partial charge in [-0.3, -0.25) is 14.4 Å². The average Bonchev–Trinajstić information content (AvgIpc) is 3.21. The van der Waals surface area contributed by atoms with Crippen LogP contribution in [0.3, 0.4) is 0 Å². The Morgan fingerprint density at radius 3 is 2.60 bits per heavy atom. The second-order valence-corrected chi connectivity index (χ2v) is 11.6. The van der Waals surface area contributed by atoms with E-state index in [-0.39, 0.29) is 24.8 Å². The average molecular weight is 501 g/mol. The topological polar surface area (TPSA) is 99.1 Å². The van der Waals surface area contributed by atoms with Crippen molar-refractivity contribution in [3.63, 3.8) is 0 Å². The Bertz CT molecular complexity index is 1100. The summed E-state index contributed by atoms with van der Waals surface area (Å²) < 4.78 is 67.6. The number of halogens is 2. The molecule has 1 N–H and O–H groups in total. The lowest BCUT2D eigenvalue weighted by molar-refractivity contribution is -0.254. The van der Waals surface area contributed by atoms with E-state index in [0.29, 0.717) is 0 Å². The second-order valence-electron chi connectivity index (χ2n) is 11.6. The SMILES string of the molecule is [3H]C1C(=O)C=C2[C@@H](F)C[C@H]3[C@@H]4C[C@H]5OC(C)(C)O[C@@]5(C(=O)COC(C)=O)[C@@]4(C)C[C@H](O)[C@]3(F)[C@@]2(C)C1[3H]. The Hall–Kier alpha value is -1.71. The lowest BCUT2D eigenvalue weighted by Crippen LogP contribution is -2.71. The van der Waals surface area contributed by atoms with Crippen LogP contribution in [-0.4, -0.2) is 64.7 Å². The Morgan fingerprint density at radius 1 is 1.26 bits per heavy atom. The van der Waals surface area contributed by atoms with Crippen LogP contribution in [0, 0.1) is 22.7 Å². The number of carbonyl (C=O) groups is 3. The molecule has 9 heteroatoms. The van der Waals surface area contributed by atoms with Crippen LogP contribution in [0.15, 0.2) is 11.6 Å². The maximum atomic E-state index is 17.6. The maximum Gasteiger partial charge on any atom is 0.303 e. The summed E-state index contributed by atoms with van der Waals surface area (Å²) in [5.41, 5.74) is -7.55. The molecule has 0 aromatic carbocycles. The third-order valence-electron chi connectivity index (χ3n) is 9.44. The zero-order chi connectivity index (χ0) is 27.5. The normalized spacial score (nSPS) is 54.9. The highest BCUT2D eigenvalue weighted by Crippen LogP contribution is 2.73. The Morgan fingerprint density at radius 2 is 1.94 bits per heavy atom. The zero-order valence-corrected chi connectivity index (χ0v) is 20.6. The summed E-state index contributed by atoms with van der Waals surface area (Å²) in [5, 5.41) is 11.6. The van der Waals surface area contributed by atoms with Crippen LogP contribution < -0.4 is 0 Å². The number of Topliss-reactive ketones (excluding diaryl/α,β-unsaturated/α-hetero) is 1. The number of hydrogen-bond acceptors (Lipinski definition) is 7. The molecule has 2 unspecified atom stereocenters. The van der Waals surface area contributed by atoms with Crippen molar-refractivity contribution in [2.75, 3.05) is 6.61 Å². The van der Waals surface area contributed by atoms with Gasteiger partial charge in [-0.2, -0.15) is 0 Å². The summed E-state index contributed by atoms with van der Waals surface area (Å²) >= 11 is 0. The van der Waals surface area contributed by atoms with Crippen molar-refractivity contribution in [3.8, 4) is 0 Å². The molecule has 1 saturated heterocycles. The number of fused-ring (bicyclic) bond motifs is 7. The minimum absolute atomic E-state index is 0.128. The predicted molar refractivity (Wildman–Crippen MR) is 119 cm³/mol. The molecular weight excluding hydrogens is 462 g/mol. The van der Waals surface area contributed by atoms with Crippen molar-refractivity contribution in [1.29, 1.82) is 0 Å². The smallest absolute Gasteiger partial charge is 0.303 e. The van der Waals surface area contributed by atoms with Gasteiger partial charge in [-0.15, -0.1) is 0 Å². The molecule has 0 amide bonds. The molecule has 4 aliphatic carbocycles. The van der Waals surface area contributed by atoms with E-state index in [1.807, 2.05) is 0 Å². The number of carbonyl (C=O) groups excluding carboxylic acids is 3. The summed E-state index contributed by atoms with van der Waals surface area (Å²) in [6.07, 6.45) is -7.16. The predicted octanol–water partition coefficient (Wildman–Crippen LogP) is 3.16. The Kier molecular flexibility index (Phi) is 4.76. The maximum absolute atomic E-state index is 17.6. The molecule has 0 aromatic rings. The molecule has 4 fully saturated rings. The minimum atomic E-state index is -2.54. The van der Waals surface area contributed by atoms with E-state index < -0.39 is 95.0 Å². The van der Waals surface area contributed by atoms with Crippen molar-refractivity contribution in [1.82, 2.24) is 0 Å². The summed E-state index contributed by atoms with van der Waals surface area (Å²) in [5.74, 6) is -5.02. The van der Waals surface area contributed by atoms with Crippen molar-refractivity contribution in [2.24, 2.45) is 22.7 Å². The lowest BCUT2D eigenvalue weighted by Gasteiger charge is -2.64. The monoisotopic (exact) mass is 500 g/mol. The standard InChI is InChI=1S/C26H34F2O7/c1-13(29)33-12-20(32)26-21(34-22(2,3)35-26)10-15-16-9-18(27)17-8-14(30)6-7-23(17,4)25(16,28)19(31)11-24(15,26)5/h8,15-16,18-19,21,31H,6-7,9-12H2,1-5H3/t15-,16-,18-,19-,21+,23-,24-,25-,26+/m0/s1/i6T,7T/t6?,7?,15-,16-,18-,19-,21+,23-,24-,25-,26+. The quantitative estimate of drug-likeness (QED) is 0.595. The van der Waals surface area contributed by atoms with Gasteiger partial charge >= 0.3 is 5.97 Å². The molecule has 0 radical (unpaired) electrons. The molecule has 1 aliphatic heterocycles. The lowest BCUT2D eigenvalue weighted by atomic mass is 9.43. The van der Waals surface area contributed by atoms with Gasteiger partial charge < -0.3 is 19.3 Å². The fourth-order valence-corrected chi connectivity index (χ4v) is 8.08. The van der Waals surface area contributed by atoms with E-state index >= 15 is 8.78 Å². The Labute approximate surface area is 206 Å². The Balaban J connectivity index is 1.64. The van der Waals surface area contributed by atoms with Gasteiger partial charge in [0.15, 0.2) is 23.8 Å². The van der Waals surface area contributed by atoms with Crippen LogP contribution in [0.4, 0.5) is 8.78 Å². The van der Waals surface area contributed by atoms with Crippen molar-refractivity contribution < 1.29 is 45.2 Å². The summed E-state index contributed by atoms with van der Waals surface area (Å²) in [6, 6.07) is 0. The highest BCUT2D eigenvalue weighted by Gasteiger charge is 2.80. The van der Waals surface area contributed by atoms with Crippen LogP contribution >= 0.6 is 0 Å². The van der Waals surface area contributed by atoms with Crippen molar-refractivity contribution >= 4 is 17.5 Å². The first kappa shape index (κ1) is 22.5. The molecule has 1 heterocycles. The van der Waals surface area contributed by atoms with Gasteiger partial charge in [0.1, 0.15) is 11.8 Å². The highest BCUT2D eigenvalue weighted by molar-refractivity contribution is 5.93. The van der Waals surface area contributed by atoms with Gasteiger partial charge in [0, 0.05) is 32.8 Å². The van der Waals surface area contributed by atoms with Gasteiger partial charge in [-0.25, -0.2) is 8.78 Å². The van der Waals surface area contributed by atoms with E-state index in [1.165, 1.54) is 13.8 Å². The molecule has 3 saturated carbocycles. The third kappa shape index (κ3) is 3.01. The number of allylic oxidation sites excluding steroid dienone is 1. The molecule has 0 spiro atoms. The number of aliphatic hydroxyl groups is 1. The van der Waals surface area contributed by atoms with Crippen LogP contribution in [0.2, 0.25) is 0 Å². The van der Waals surface area contributed by atoms with E-state index in [1.54, 1.807) is 20.8 Å². The number of hydrogen-bond donors (Lipinski definition) is 1. The molecule has 35 heavy (non-hydrogen) atoms. The van der Waals surface area contributed by atoms with E-state index in [0.717, 1.165) is 6.08 Å². The molecule has 0 bridgehead atoms. The second kappa shape index (κ2) is 7.42. The highest BCUT2D eigenvalue weighted by atomic mass is 19.1. The molecule has 5 rings (SSSR count). The number of alkyl halides is 2. The summed E-state index contributed by atoms with van der Waals surface area (Å²) in [7, 11) is 0. The first-order valence-corrected chi connectivity index (χ1v) is 12.1. The number of esters is 1. The molecule has 11 atom stereocenters. The molecular formula is C26H34F2O7. The summed E-state index contributed by atoms with van der Waals surface area (Å²) in [4.78, 5) is 37.5. The number of ketones is 2. The van der Waals surface area contributed by atoms with Gasteiger partial charge in [0.05, 0.1) is 12.2 Å². The summed E-state index contributed by atoms with van der Waals surface area (Å²) in [6.45, 7) is 6.88. The number of ether oxygens (including phenoxy) is 3. The van der Waals surface area contributed by atoms with Crippen LogP contribution in [0.25, 0.3) is 0 Å². The van der Waals surface area contributed by atoms with E-state index in [9.17, 15) is 19.5 Å². The van der Waals surface area contributed by atoms with E-state index in [2.05, 4.69) is 0 Å². The fraction of sp³-hybridized carbons (Fsp3) is 0.808. The first-order valence-electron chi connectivity index (χ1n) is 13.3. The van der Waals surface area contributed by atoms with Crippen LogP contribution in [0.1, 0.15) is 69.4 Å². The van der Waals surface area contributed by atoms with Gasteiger partial charge in [-0.05, 0) is 57.1 Å². The number of aliphatic hydroxyl groups excluding tert-OH is 1. The molecule has 7 nitrogen and oxygen atoms in total. The zero-order valence-electron chi connectivity index (χ0n) is 22.6. The van der Waals surface area contributed by atoms with Gasteiger partial charge in [-0.1, -0.05) is 13.8 Å². The van der Waals surface area contributed by atoms with Crippen molar-refractivity contribution in [3.05, 3.63) is 11.6 Å². The largest absolute Gasteiger partial charge is 0.458 e. The number of rotatable bonds is 3. The minimum Gasteiger partial charge on any atom is -0.458 e. The van der Waals surface area contributed by atoms with Crippen LogP contribution in [-0.2, 0) is 28.6 Å². The van der Waals surface area contributed by atoms with Crippen molar-refractivity contribution in [2.45, 2.75) is 102 Å². The van der Waals surface area contributed by atoms with Gasteiger partial charge in [0.25, 0.3) is 0 Å². The molecule has 194 valence electrons. The fourth-order valence-electron chi connectivity index (χ4n) is 8.08. The molecule has 0 aromatic heterocycles. The van der Waals surface area contributed by atoms with Gasteiger partial charge in [0.2, 0.25) is 5.78 Å². The van der Waals surface area contributed by atoms with Crippen LogP contribution in [0.5, 0.6) is 0 Å².